The minimum Gasteiger partial charge on any atom is -0.408 e. The summed E-state index contributed by atoms with van der Waals surface area (Å²) in [4.78, 5) is 12.4. The molecular weight excluding hydrogens is 386 g/mol. The van der Waals surface area contributed by atoms with Crippen LogP contribution in [-0.4, -0.2) is 62.5 Å². The molecule has 1 amide bonds. The zero-order chi connectivity index (χ0) is 21.4. The van der Waals surface area contributed by atoms with E-state index in [1.54, 1.807) is 12.1 Å². The molecule has 7 heteroatoms. The van der Waals surface area contributed by atoms with Crippen molar-refractivity contribution < 1.29 is 23.8 Å². The maximum atomic E-state index is 12.4. The Labute approximate surface area is 174 Å². The smallest absolute Gasteiger partial charge is 0.251 e. The Kier molecular flexibility index (Phi) is 6.09. The first-order valence-electron chi connectivity index (χ1n) is 10.1. The van der Waals surface area contributed by atoms with Crippen LogP contribution in [0.1, 0.15) is 31.1 Å². The van der Waals surface area contributed by atoms with E-state index < -0.39 is 32.2 Å². The number of aliphatic hydroxyl groups excluding tert-OH is 1. The SMILES string of the molecule is C=C[C@H](O)[C@@]12CO[C@@H](C(CNC(=O)c3ccccc3)O1)[C@@H]2O[Si](C)(C)C(C)(C)C. The van der Waals surface area contributed by atoms with Crippen molar-refractivity contribution in [2.24, 2.45) is 0 Å². The van der Waals surface area contributed by atoms with Gasteiger partial charge in [-0.25, -0.2) is 0 Å². The van der Waals surface area contributed by atoms with E-state index in [-0.39, 0.29) is 30.2 Å². The van der Waals surface area contributed by atoms with E-state index in [0.717, 1.165) is 0 Å². The van der Waals surface area contributed by atoms with E-state index >= 15 is 0 Å². The number of aliphatic hydroxyl groups is 1. The van der Waals surface area contributed by atoms with Gasteiger partial charge in [0.25, 0.3) is 5.91 Å². The van der Waals surface area contributed by atoms with Crippen LogP contribution >= 0.6 is 0 Å². The number of nitrogens with one attached hydrogen (secondary N) is 1. The van der Waals surface area contributed by atoms with Gasteiger partial charge in [0.2, 0.25) is 0 Å². The van der Waals surface area contributed by atoms with Crippen molar-refractivity contribution in [2.75, 3.05) is 13.2 Å². The number of hydrogen-bond donors (Lipinski definition) is 2. The molecule has 1 aromatic carbocycles. The van der Waals surface area contributed by atoms with Crippen LogP contribution in [0.5, 0.6) is 0 Å². The van der Waals surface area contributed by atoms with Crippen molar-refractivity contribution in [1.82, 2.24) is 5.32 Å². The first-order valence-corrected chi connectivity index (χ1v) is 13.0. The second-order valence-corrected chi connectivity index (χ2v) is 14.2. The second-order valence-electron chi connectivity index (χ2n) is 9.44. The summed E-state index contributed by atoms with van der Waals surface area (Å²) in [6.07, 6.45) is -0.610. The molecule has 5 atom stereocenters. The van der Waals surface area contributed by atoms with Gasteiger partial charge in [-0.05, 0) is 30.3 Å². The Morgan fingerprint density at radius 3 is 2.66 bits per heavy atom. The lowest BCUT2D eigenvalue weighted by Crippen LogP contribution is -2.56. The van der Waals surface area contributed by atoms with Crippen molar-refractivity contribution in [3.05, 3.63) is 48.6 Å². The summed E-state index contributed by atoms with van der Waals surface area (Å²) in [7, 11) is -2.14. The Bertz CT molecular complexity index is 747. The van der Waals surface area contributed by atoms with Crippen molar-refractivity contribution in [3.63, 3.8) is 0 Å². The third-order valence-electron chi connectivity index (χ3n) is 6.47. The molecule has 2 heterocycles. The molecule has 1 unspecified atom stereocenters. The highest BCUT2D eigenvalue weighted by Crippen LogP contribution is 2.48. The first-order chi connectivity index (χ1) is 13.5. The van der Waals surface area contributed by atoms with Crippen molar-refractivity contribution >= 4 is 14.2 Å². The van der Waals surface area contributed by atoms with Gasteiger partial charge < -0.3 is 24.3 Å². The highest BCUT2D eigenvalue weighted by molar-refractivity contribution is 6.74. The zero-order valence-electron chi connectivity index (χ0n) is 18.0. The third kappa shape index (κ3) is 4.07. The molecule has 0 aromatic heterocycles. The van der Waals surface area contributed by atoms with Crippen molar-refractivity contribution in [1.29, 1.82) is 0 Å². The van der Waals surface area contributed by atoms with Crippen LogP contribution in [0.15, 0.2) is 43.0 Å². The Morgan fingerprint density at radius 1 is 1.41 bits per heavy atom. The topological polar surface area (TPSA) is 77.0 Å². The summed E-state index contributed by atoms with van der Waals surface area (Å²) in [5.74, 6) is -0.169. The van der Waals surface area contributed by atoms with Gasteiger partial charge in [0.1, 0.15) is 30.0 Å². The first kappa shape index (κ1) is 22.2. The highest BCUT2D eigenvalue weighted by Gasteiger charge is 2.66. The molecule has 3 rings (SSSR count). The molecule has 2 fully saturated rings. The minimum atomic E-state index is -2.14. The fourth-order valence-corrected chi connectivity index (χ4v) is 4.97. The molecule has 2 N–H and O–H groups in total. The van der Waals surface area contributed by atoms with Crippen LogP contribution in [-0.2, 0) is 13.9 Å². The maximum absolute atomic E-state index is 12.4. The number of fused-ring (bicyclic) bond motifs is 2. The summed E-state index contributed by atoms with van der Waals surface area (Å²) in [6.45, 7) is 15.1. The normalized spacial score (nSPS) is 30.2. The molecule has 160 valence electrons. The minimum absolute atomic E-state index is 0.00632. The zero-order valence-corrected chi connectivity index (χ0v) is 19.0. The summed E-state index contributed by atoms with van der Waals surface area (Å²) < 4.78 is 19.0. The average Bonchev–Trinajstić information content (AvgIpc) is 3.17. The molecule has 0 radical (unpaired) electrons. The van der Waals surface area contributed by atoms with Crippen LogP contribution in [0.25, 0.3) is 0 Å². The van der Waals surface area contributed by atoms with Crippen LogP contribution in [0.4, 0.5) is 0 Å². The molecule has 2 aliphatic heterocycles. The van der Waals surface area contributed by atoms with Crippen LogP contribution in [0.2, 0.25) is 18.1 Å². The van der Waals surface area contributed by atoms with Crippen molar-refractivity contribution in [2.45, 2.75) is 68.9 Å². The van der Waals surface area contributed by atoms with Gasteiger partial charge in [-0.3, -0.25) is 4.79 Å². The van der Waals surface area contributed by atoms with Crippen LogP contribution in [0, 0.1) is 0 Å². The molecule has 29 heavy (non-hydrogen) atoms. The molecule has 2 aliphatic rings. The van der Waals surface area contributed by atoms with Gasteiger partial charge in [0.05, 0.1) is 6.61 Å². The van der Waals surface area contributed by atoms with E-state index in [2.05, 4.69) is 45.8 Å². The van der Waals surface area contributed by atoms with Gasteiger partial charge in [-0.2, -0.15) is 0 Å². The van der Waals surface area contributed by atoms with Crippen LogP contribution < -0.4 is 5.32 Å². The van der Waals surface area contributed by atoms with Gasteiger partial charge in [0, 0.05) is 12.1 Å². The lowest BCUT2D eigenvalue weighted by Gasteiger charge is -2.41. The third-order valence-corrected chi connectivity index (χ3v) is 10.9. The number of hydrogen-bond acceptors (Lipinski definition) is 5. The van der Waals surface area contributed by atoms with Gasteiger partial charge in [-0.1, -0.05) is 45.0 Å². The van der Waals surface area contributed by atoms with E-state index in [4.69, 9.17) is 13.9 Å². The van der Waals surface area contributed by atoms with Crippen LogP contribution in [0.3, 0.4) is 0 Å². The quantitative estimate of drug-likeness (QED) is 0.525. The molecule has 6 nitrogen and oxygen atoms in total. The number of ether oxygens (including phenoxy) is 2. The number of benzene rings is 1. The molecule has 1 aromatic rings. The fraction of sp³-hybridized carbons (Fsp3) is 0.591. The lowest BCUT2D eigenvalue weighted by molar-refractivity contribution is -0.174. The Hall–Kier alpha value is -1.51. The summed E-state index contributed by atoms with van der Waals surface area (Å²) in [5.41, 5.74) is -0.407. The lowest BCUT2D eigenvalue weighted by atomic mass is 9.92. The summed E-state index contributed by atoms with van der Waals surface area (Å²) >= 11 is 0. The van der Waals surface area contributed by atoms with Gasteiger partial charge in [0.15, 0.2) is 8.32 Å². The molecule has 0 saturated carbocycles. The van der Waals surface area contributed by atoms with E-state index in [0.29, 0.717) is 5.56 Å². The molecule has 0 aliphatic carbocycles. The largest absolute Gasteiger partial charge is 0.408 e. The Morgan fingerprint density at radius 2 is 2.07 bits per heavy atom. The van der Waals surface area contributed by atoms with Gasteiger partial charge in [-0.15, -0.1) is 6.58 Å². The van der Waals surface area contributed by atoms with Crippen molar-refractivity contribution in [3.8, 4) is 0 Å². The standard InChI is InChI=1S/C22H33NO5Si/c1-7-17(24)22-14-26-18(19(22)28-29(5,6)21(2,3)4)16(27-22)13-23-20(25)15-11-9-8-10-12-15/h7-12,16-19,24H,1,13-14H2,2-6H3,(H,23,25)/t16?,17-,18-,19-,22+/m0/s1. The predicted octanol–water partition coefficient (Wildman–Crippen LogP) is 2.89. The molecule has 0 spiro atoms. The predicted molar refractivity (Wildman–Crippen MR) is 114 cm³/mol. The number of carbonyl (C=O) groups excluding carboxylic acids is 1. The summed E-state index contributed by atoms with van der Waals surface area (Å²) in [6, 6.07) is 9.04. The Balaban J connectivity index is 1.77. The highest BCUT2D eigenvalue weighted by atomic mass is 28.4. The van der Waals surface area contributed by atoms with Gasteiger partial charge >= 0.3 is 0 Å². The number of rotatable bonds is 7. The molecule has 2 saturated heterocycles. The number of carbonyl (C=O) groups is 1. The van der Waals surface area contributed by atoms with E-state index in [1.165, 1.54) is 6.08 Å². The molecular formula is C22H33NO5Si. The summed E-state index contributed by atoms with van der Waals surface area (Å²) in [5, 5.41) is 13.6. The number of amides is 1. The van der Waals surface area contributed by atoms with E-state index in [9.17, 15) is 9.90 Å². The maximum Gasteiger partial charge on any atom is 0.251 e. The molecule has 2 bridgehead atoms. The average molecular weight is 420 g/mol. The van der Waals surface area contributed by atoms with E-state index in [1.807, 2.05) is 18.2 Å². The monoisotopic (exact) mass is 419 g/mol. The fourth-order valence-electron chi connectivity index (χ4n) is 3.65. The second kappa shape index (κ2) is 7.96.